The van der Waals surface area contributed by atoms with E-state index < -0.39 is 0 Å². The molecule has 1 atom stereocenters. The Balaban J connectivity index is 1.82. The minimum Gasteiger partial charge on any atom is -0.490 e. The van der Waals surface area contributed by atoms with Gasteiger partial charge in [0.1, 0.15) is 11.5 Å². The van der Waals surface area contributed by atoms with Crippen molar-refractivity contribution in [3.63, 3.8) is 0 Å². The fourth-order valence-electron chi connectivity index (χ4n) is 3.52. The van der Waals surface area contributed by atoms with Crippen molar-refractivity contribution in [1.29, 1.82) is 0 Å². The maximum Gasteiger partial charge on any atom is 0.343 e. The molecule has 0 aliphatic carbocycles. The molecule has 3 aromatic rings. The molecule has 0 saturated carbocycles. The summed E-state index contributed by atoms with van der Waals surface area (Å²) in [4.78, 5) is 12.4. The van der Waals surface area contributed by atoms with Gasteiger partial charge in [-0.2, -0.15) is 0 Å². The van der Waals surface area contributed by atoms with Crippen molar-refractivity contribution in [2.75, 3.05) is 0 Å². The minimum absolute atomic E-state index is 0.200. The Labute approximate surface area is 186 Å². The third-order valence-electron chi connectivity index (χ3n) is 5.91. The zero-order chi connectivity index (χ0) is 22.6. The van der Waals surface area contributed by atoms with Gasteiger partial charge in [-0.1, -0.05) is 63.2 Å². The fourth-order valence-corrected chi connectivity index (χ4v) is 3.52. The summed E-state index contributed by atoms with van der Waals surface area (Å²) in [6.07, 6.45) is 1.18. The number of hydrogen-bond acceptors (Lipinski definition) is 3. The molecule has 1 unspecified atom stereocenters. The molecule has 0 radical (unpaired) electrons. The number of benzene rings is 3. The lowest BCUT2D eigenvalue weighted by Gasteiger charge is -2.28. The number of aryl methyl sites for hydroxylation is 2. The average Bonchev–Trinajstić information content (AvgIpc) is 2.76. The molecule has 0 aromatic heterocycles. The van der Waals surface area contributed by atoms with E-state index in [1.54, 1.807) is 12.1 Å². The van der Waals surface area contributed by atoms with Crippen LogP contribution in [0.1, 0.15) is 66.7 Å². The number of carbonyl (C=O) groups excluding carboxylic acids is 1. The maximum atomic E-state index is 12.4. The third-order valence-corrected chi connectivity index (χ3v) is 5.91. The Morgan fingerprint density at radius 1 is 0.871 bits per heavy atom. The lowest BCUT2D eigenvalue weighted by Crippen LogP contribution is -2.20. The maximum absolute atomic E-state index is 12.4. The van der Waals surface area contributed by atoms with Crippen molar-refractivity contribution in [3.05, 3.63) is 94.5 Å². The predicted octanol–water partition coefficient (Wildman–Crippen LogP) is 7.03. The van der Waals surface area contributed by atoms with Gasteiger partial charge in [0.05, 0.1) is 11.7 Å². The largest absolute Gasteiger partial charge is 0.490 e. The lowest BCUT2D eigenvalue weighted by molar-refractivity contribution is 0.0733. The molecule has 3 nitrogen and oxygen atoms in total. The Morgan fingerprint density at radius 3 is 1.94 bits per heavy atom. The molecule has 0 aliphatic heterocycles. The smallest absolute Gasteiger partial charge is 0.343 e. The molecule has 31 heavy (non-hydrogen) atoms. The minimum atomic E-state index is -0.344. The van der Waals surface area contributed by atoms with E-state index in [2.05, 4.69) is 58.9 Å². The molecule has 162 valence electrons. The van der Waals surface area contributed by atoms with E-state index in [0.29, 0.717) is 11.3 Å². The molecule has 0 N–H and O–H groups in total. The van der Waals surface area contributed by atoms with Gasteiger partial charge in [0.2, 0.25) is 0 Å². The second kappa shape index (κ2) is 9.38. The van der Waals surface area contributed by atoms with Crippen LogP contribution in [0, 0.1) is 13.8 Å². The fraction of sp³-hybridized carbons (Fsp3) is 0.321. The standard InChI is InChI=1S/C28H32O3/c1-7-21(4)30-25-15-13-23(17-19(25)2)28(5,6)24-14-16-26(20(3)18-24)31-27(29)22-11-9-8-10-12-22/h8-18,21H,7H2,1-6H3. The summed E-state index contributed by atoms with van der Waals surface area (Å²) in [5.41, 5.74) is 4.79. The molecule has 3 aromatic carbocycles. The van der Waals surface area contributed by atoms with Crippen LogP contribution >= 0.6 is 0 Å². The van der Waals surface area contributed by atoms with Gasteiger partial charge in [0.25, 0.3) is 0 Å². The molecule has 0 bridgehead atoms. The van der Waals surface area contributed by atoms with Crippen LogP contribution in [-0.2, 0) is 5.41 Å². The SMILES string of the molecule is CCC(C)Oc1ccc(C(C)(C)c2ccc(OC(=O)c3ccccc3)c(C)c2)cc1C. The highest BCUT2D eigenvalue weighted by atomic mass is 16.5. The Kier molecular flexibility index (Phi) is 6.84. The Hall–Kier alpha value is -3.07. The van der Waals surface area contributed by atoms with Gasteiger partial charge in [-0.05, 0) is 73.7 Å². The zero-order valence-electron chi connectivity index (χ0n) is 19.4. The predicted molar refractivity (Wildman–Crippen MR) is 126 cm³/mol. The lowest BCUT2D eigenvalue weighted by atomic mass is 9.77. The van der Waals surface area contributed by atoms with Crippen LogP contribution in [0.3, 0.4) is 0 Å². The number of ether oxygens (including phenoxy) is 2. The summed E-state index contributed by atoms with van der Waals surface area (Å²) in [5, 5.41) is 0. The first-order valence-electron chi connectivity index (χ1n) is 10.9. The first-order valence-corrected chi connectivity index (χ1v) is 10.9. The third kappa shape index (κ3) is 5.16. The van der Waals surface area contributed by atoms with E-state index in [4.69, 9.17) is 9.47 Å². The van der Waals surface area contributed by atoms with Crippen LogP contribution in [0.2, 0.25) is 0 Å². The topological polar surface area (TPSA) is 35.5 Å². The van der Waals surface area contributed by atoms with E-state index in [-0.39, 0.29) is 17.5 Å². The van der Waals surface area contributed by atoms with E-state index in [1.807, 2.05) is 37.3 Å². The summed E-state index contributed by atoms with van der Waals surface area (Å²) in [5.74, 6) is 1.18. The summed E-state index contributed by atoms with van der Waals surface area (Å²) in [7, 11) is 0. The second-order valence-corrected chi connectivity index (χ2v) is 8.68. The summed E-state index contributed by atoms with van der Waals surface area (Å²) in [6, 6.07) is 21.5. The Bertz CT molecular complexity index is 1050. The first kappa shape index (κ1) is 22.6. The van der Waals surface area contributed by atoms with Crippen LogP contribution in [0.15, 0.2) is 66.7 Å². The molecule has 0 saturated heterocycles. The molecule has 0 spiro atoms. The van der Waals surface area contributed by atoms with Gasteiger partial charge in [-0.15, -0.1) is 0 Å². The molecule has 0 heterocycles. The van der Waals surface area contributed by atoms with Crippen molar-refractivity contribution in [2.45, 2.75) is 59.5 Å². The van der Waals surface area contributed by atoms with Crippen LogP contribution in [0.5, 0.6) is 11.5 Å². The average molecular weight is 417 g/mol. The van der Waals surface area contributed by atoms with Crippen molar-refractivity contribution in [2.24, 2.45) is 0 Å². The van der Waals surface area contributed by atoms with Crippen LogP contribution in [0.25, 0.3) is 0 Å². The second-order valence-electron chi connectivity index (χ2n) is 8.68. The number of hydrogen-bond donors (Lipinski definition) is 0. The van der Waals surface area contributed by atoms with Gasteiger partial charge in [0, 0.05) is 5.41 Å². The van der Waals surface area contributed by atoms with E-state index in [9.17, 15) is 4.79 Å². The molecule has 0 aliphatic rings. The van der Waals surface area contributed by atoms with Crippen molar-refractivity contribution in [3.8, 4) is 11.5 Å². The Morgan fingerprint density at radius 2 is 1.42 bits per heavy atom. The van der Waals surface area contributed by atoms with E-state index in [0.717, 1.165) is 23.3 Å². The molecule has 0 fully saturated rings. The first-order chi connectivity index (χ1) is 14.7. The van der Waals surface area contributed by atoms with Crippen LogP contribution in [0.4, 0.5) is 0 Å². The molecule has 0 amide bonds. The van der Waals surface area contributed by atoms with Crippen LogP contribution in [-0.4, -0.2) is 12.1 Å². The van der Waals surface area contributed by atoms with E-state index in [1.165, 1.54) is 11.1 Å². The summed E-state index contributed by atoms with van der Waals surface area (Å²) >= 11 is 0. The highest BCUT2D eigenvalue weighted by Crippen LogP contribution is 2.36. The van der Waals surface area contributed by atoms with Gasteiger partial charge < -0.3 is 9.47 Å². The number of rotatable bonds is 7. The van der Waals surface area contributed by atoms with E-state index >= 15 is 0 Å². The quantitative estimate of drug-likeness (QED) is 0.306. The number of carbonyl (C=O) groups is 1. The molecule has 3 rings (SSSR count). The van der Waals surface area contributed by atoms with Crippen molar-refractivity contribution in [1.82, 2.24) is 0 Å². The summed E-state index contributed by atoms with van der Waals surface area (Å²) < 4.78 is 11.7. The molecular formula is C28H32O3. The van der Waals surface area contributed by atoms with Crippen molar-refractivity contribution < 1.29 is 14.3 Å². The van der Waals surface area contributed by atoms with Crippen LogP contribution < -0.4 is 9.47 Å². The van der Waals surface area contributed by atoms with Gasteiger partial charge in [-0.3, -0.25) is 0 Å². The van der Waals surface area contributed by atoms with Crippen molar-refractivity contribution >= 4 is 5.97 Å². The monoisotopic (exact) mass is 416 g/mol. The number of esters is 1. The zero-order valence-corrected chi connectivity index (χ0v) is 19.4. The van der Waals surface area contributed by atoms with Gasteiger partial charge in [0.15, 0.2) is 0 Å². The van der Waals surface area contributed by atoms with Gasteiger partial charge >= 0.3 is 5.97 Å². The van der Waals surface area contributed by atoms with Gasteiger partial charge in [-0.25, -0.2) is 4.79 Å². The molecular weight excluding hydrogens is 384 g/mol. The molecule has 3 heteroatoms. The highest BCUT2D eigenvalue weighted by Gasteiger charge is 2.25. The highest BCUT2D eigenvalue weighted by molar-refractivity contribution is 5.91. The summed E-state index contributed by atoms with van der Waals surface area (Å²) in [6.45, 7) is 12.7. The normalized spacial score (nSPS) is 12.3.